The topological polar surface area (TPSA) is 17.1 Å². The van der Waals surface area contributed by atoms with Gasteiger partial charge in [-0.25, -0.2) is 0 Å². The first-order chi connectivity index (χ1) is 8.62. The summed E-state index contributed by atoms with van der Waals surface area (Å²) < 4.78 is 37.9. The monoisotopic (exact) mass is 336 g/mol. The molecule has 1 nitrogen and oxygen atoms in total. The molecular weight excluding hydrogens is 321 g/mol. The second kappa shape index (κ2) is 6.07. The lowest BCUT2D eigenvalue weighted by molar-refractivity contribution is -0.137. The van der Waals surface area contributed by atoms with Crippen molar-refractivity contribution in [1.82, 2.24) is 0 Å². The average molecular weight is 337 g/mol. The molecule has 0 aliphatic rings. The molecule has 0 spiro atoms. The Labute approximate surface area is 119 Å². The number of rotatable bonds is 4. The standard InChI is InChI=1S/C14H16BrF3O/c1-8(2)13(19)12(15)7-10-6-11(14(16,17)18)5-4-9(10)3/h4-6,8,12H,7H2,1-3H3. The quantitative estimate of drug-likeness (QED) is 0.737. The van der Waals surface area contributed by atoms with E-state index >= 15 is 0 Å². The molecule has 106 valence electrons. The lowest BCUT2D eigenvalue weighted by Crippen LogP contribution is -2.22. The van der Waals surface area contributed by atoms with E-state index in [2.05, 4.69) is 15.9 Å². The van der Waals surface area contributed by atoms with Gasteiger partial charge >= 0.3 is 6.18 Å². The van der Waals surface area contributed by atoms with E-state index < -0.39 is 16.6 Å². The summed E-state index contributed by atoms with van der Waals surface area (Å²) in [6.45, 7) is 5.29. The van der Waals surface area contributed by atoms with E-state index in [4.69, 9.17) is 0 Å². The van der Waals surface area contributed by atoms with Crippen LogP contribution in [0.4, 0.5) is 13.2 Å². The number of carbonyl (C=O) groups excluding carboxylic acids is 1. The van der Waals surface area contributed by atoms with Crippen LogP contribution in [0.3, 0.4) is 0 Å². The smallest absolute Gasteiger partial charge is 0.298 e. The Bertz CT molecular complexity index is 466. The highest BCUT2D eigenvalue weighted by molar-refractivity contribution is 9.10. The first-order valence-electron chi connectivity index (χ1n) is 5.97. The molecule has 0 saturated heterocycles. The van der Waals surface area contributed by atoms with Crippen molar-refractivity contribution in [2.75, 3.05) is 0 Å². The van der Waals surface area contributed by atoms with Crippen molar-refractivity contribution in [3.8, 4) is 0 Å². The van der Waals surface area contributed by atoms with Crippen LogP contribution >= 0.6 is 15.9 Å². The number of halogens is 4. The van der Waals surface area contributed by atoms with Gasteiger partial charge in [0.25, 0.3) is 0 Å². The normalized spacial score (nSPS) is 13.7. The third-order valence-electron chi connectivity index (χ3n) is 2.95. The number of carbonyl (C=O) groups is 1. The molecular formula is C14H16BrF3O. The van der Waals surface area contributed by atoms with Crippen molar-refractivity contribution in [3.05, 3.63) is 34.9 Å². The van der Waals surface area contributed by atoms with E-state index in [-0.39, 0.29) is 18.1 Å². The summed E-state index contributed by atoms with van der Waals surface area (Å²) in [4.78, 5) is 11.3. The third-order valence-corrected chi connectivity index (χ3v) is 3.73. The molecule has 0 aromatic heterocycles. The largest absolute Gasteiger partial charge is 0.416 e. The van der Waals surface area contributed by atoms with E-state index in [1.54, 1.807) is 20.8 Å². The minimum Gasteiger partial charge on any atom is -0.298 e. The van der Waals surface area contributed by atoms with Crippen molar-refractivity contribution >= 4 is 21.7 Å². The molecule has 1 aromatic rings. The second-order valence-corrected chi connectivity index (χ2v) is 5.97. The van der Waals surface area contributed by atoms with Crippen LogP contribution in [0, 0.1) is 12.8 Å². The zero-order valence-corrected chi connectivity index (χ0v) is 12.6. The minimum atomic E-state index is -4.35. The first-order valence-corrected chi connectivity index (χ1v) is 6.89. The Kier molecular flexibility index (Phi) is 5.18. The Hall–Kier alpha value is -0.840. The molecule has 1 unspecified atom stereocenters. The highest BCUT2D eigenvalue weighted by Crippen LogP contribution is 2.31. The van der Waals surface area contributed by atoms with Crippen molar-refractivity contribution in [2.24, 2.45) is 5.92 Å². The maximum Gasteiger partial charge on any atom is 0.416 e. The fraction of sp³-hybridized carbons (Fsp3) is 0.500. The van der Waals surface area contributed by atoms with Gasteiger partial charge in [0, 0.05) is 5.92 Å². The lowest BCUT2D eigenvalue weighted by atomic mass is 9.96. The molecule has 0 aliphatic carbocycles. The molecule has 0 saturated carbocycles. The lowest BCUT2D eigenvalue weighted by Gasteiger charge is -2.15. The molecule has 1 rings (SSSR count). The number of Topliss-reactive ketones (excluding diaryl/α,β-unsaturated/α-hetero) is 1. The molecule has 1 atom stereocenters. The van der Waals surface area contributed by atoms with E-state index in [9.17, 15) is 18.0 Å². The molecule has 19 heavy (non-hydrogen) atoms. The van der Waals surface area contributed by atoms with Gasteiger partial charge in [-0.15, -0.1) is 0 Å². The van der Waals surface area contributed by atoms with Crippen LogP contribution in [-0.2, 0) is 17.4 Å². The maximum atomic E-state index is 12.6. The predicted molar refractivity (Wildman–Crippen MR) is 72.4 cm³/mol. The number of hydrogen-bond acceptors (Lipinski definition) is 1. The highest BCUT2D eigenvalue weighted by atomic mass is 79.9. The third kappa shape index (κ3) is 4.34. The maximum absolute atomic E-state index is 12.6. The molecule has 1 aromatic carbocycles. The van der Waals surface area contributed by atoms with E-state index in [1.807, 2.05) is 0 Å². The summed E-state index contributed by atoms with van der Waals surface area (Å²) in [6.07, 6.45) is -4.08. The van der Waals surface area contributed by atoms with Gasteiger partial charge in [-0.3, -0.25) is 4.79 Å². The van der Waals surface area contributed by atoms with Crippen molar-refractivity contribution in [3.63, 3.8) is 0 Å². The van der Waals surface area contributed by atoms with Gasteiger partial charge in [-0.05, 0) is 36.6 Å². The molecule has 5 heteroatoms. The van der Waals surface area contributed by atoms with Crippen molar-refractivity contribution < 1.29 is 18.0 Å². The second-order valence-electron chi connectivity index (χ2n) is 4.87. The van der Waals surface area contributed by atoms with Crippen molar-refractivity contribution in [1.29, 1.82) is 0 Å². The molecule has 0 amide bonds. The molecule has 0 fully saturated rings. The van der Waals surface area contributed by atoms with Crippen LogP contribution in [0.5, 0.6) is 0 Å². The number of alkyl halides is 4. The first kappa shape index (κ1) is 16.2. The van der Waals surface area contributed by atoms with Crippen molar-refractivity contribution in [2.45, 2.75) is 38.2 Å². The highest BCUT2D eigenvalue weighted by Gasteiger charge is 2.31. The molecule has 0 aliphatic heterocycles. The Morgan fingerprint density at radius 2 is 1.89 bits per heavy atom. The Morgan fingerprint density at radius 3 is 2.37 bits per heavy atom. The Balaban J connectivity index is 2.98. The fourth-order valence-corrected chi connectivity index (χ4v) is 2.60. The van der Waals surface area contributed by atoms with Gasteiger partial charge in [-0.1, -0.05) is 35.8 Å². The molecule has 0 N–H and O–H groups in total. The van der Waals surface area contributed by atoms with Crippen LogP contribution in [0.25, 0.3) is 0 Å². The minimum absolute atomic E-state index is 0.00295. The fourth-order valence-electron chi connectivity index (χ4n) is 1.72. The average Bonchev–Trinajstić information content (AvgIpc) is 2.29. The predicted octanol–water partition coefficient (Wildman–Crippen LogP) is 4.54. The van der Waals surface area contributed by atoms with Gasteiger partial charge in [0.05, 0.1) is 10.4 Å². The summed E-state index contributed by atoms with van der Waals surface area (Å²) in [7, 11) is 0. The van der Waals surface area contributed by atoms with E-state index in [0.717, 1.165) is 17.7 Å². The van der Waals surface area contributed by atoms with E-state index in [1.165, 1.54) is 6.07 Å². The van der Waals surface area contributed by atoms with Gasteiger partial charge in [0.15, 0.2) is 0 Å². The van der Waals surface area contributed by atoms with Gasteiger partial charge in [0.1, 0.15) is 5.78 Å². The van der Waals surface area contributed by atoms with Gasteiger partial charge < -0.3 is 0 Å². The summed E-state index contributed by atoms with van der Waals surface area (Å²) in [5, 5.41) is 0. The summed E-state index contributed by atoms with van der Waals surface area (Å²) in [5.41, 5.74) is 0.629. The van der Waals surface area contributed by atoms with Crippen LogP contribution in [-0.4, -0.2) is 10.6 Å². The Morgan fingerprint density at radius 1 is 1.32 bits per heavy atom. The zero-order valence-electron chi connectivity index (χ0n) is 11.0. The van der Waals surface area contributed by atoms with Crippen LogP contribution < -0.4 is 0 Å². The SMILES string of the molecule is Cc1ccc(C(F)(F)F)cc1CC(Br)C(=O)C(C)C. The molecule has 0 heterocycles. The number of hydrogen-bond donors (Lipinski definition) is 0. The van der Waals surface area contributed by atoms with Gasteiger partial charge in [-0.2, -0.15) is 13.2 Å². The van der Waals surface area contributed by atoms with E-state index in [0.29, 0.717) is 5.56 Å². The summed E-state index contributed by atoms with van der Waals surface area (Å²) >= 11 is 3.26. The summed E-state index contributed by atoms with van der Waals surface area (Å²) in [5.74, 6) is -0.146. The van der Waals surface area contributed by atoms with Crippen LogP contribution in [0.15, 0.2) is 18.2 Å². The number of ketones is 1. The van der Waals surface area contributed by atoms with Crippen LogP contribution in [0.2, 0.25) is 0 Å². The summed E-state index contributed by atoms with van der Waals surface area (Å²) in [6, 6.07) is 3.63. The zero-order chi connectivity index (χ0) is 14.8. The molecule has 0 bridgehead atoms. The number of benzene rings is 1. The number of aryl methyl sites for hydroxylation is 1. The molecule has 0 radical (unpaired) electrons. The van der Waals surface area contributed by atoms with Crippen LogP contribution in [0.1, 0.15) is 30.5 Å². The van der Waals surface area contributed by atoms with Gasteiger partial charge in [0.2, 0.25) is 0 Å².